The van der Waals surface area contributed by atoms with Crippen LogP contribution in [0.1, 0.15) is 25.7 Å². The Balaban J connectivity index is 1.82. The number of Topliss-reactive ketones (excluding diaryl/α,β-unsaturated/α-hetero) is 1. The summed E-state index contributed by atoms with van der Waals surface area (Å²) in [6.45, 7) is 0.227. The van der Waals surface area contributed by atoms with Crippen molar-refractivity contribution in [3.05, 3.63) is 27.8 Å². The molecule has 1 aliphatic rings. The molecule has 3 heteroatoms. The normalized spacial score (nSPS) is 16.3. The SMILES string of the molecule is O=C(COc1ccc(I)cc1)C1CCCC1. The molecule has 0 aliphatic heterocycles. The molecular formula is C13H15IO2. The van der Waals surface area contributed by atoms with Gasteiger partial charge in [0.15, 0.2) is 5.78 Å². The minimum absolute atomic E-state index is 0.227. The summed E-state index contributed by atoms with van der Waals surface area (Å²) in [7, 11) is 0. The fourth-order valence-electron chi connectivity index (χ4n) is 2.05. The summed E-state index contributed by atoms with van der Waals surface area (Å²) in [6, 6.07) is 7.78. The zero-order valence-electron chi connectivity index (χ0n) is 9.12. The highest BCUT2D eigenvalue weighted by Gasteiger charge is 2.22. The summed E-state index contributed by atoms with van der Waals surface area (Å²) in [6.07, 6.45) is 4.49. The second kappa shape index (κ2) is 5.66. The first-order chi connectivity index (χ1) is 7.75. The maximum absolute atomic E-state index is 11.8. The Morgan fingerprint density at radius 1 is 1.25 bits per heavy atom. The largest absolute Gasteiger partial charge is 0.486 e. The van der Waals surface area contributed by atoms with Crippen molar-refractivity contribution < 1.29 is 9.53 Å². The van der Waals surface area contributed by atoms with Crippen molar-refractivity contribution in [1.29, 1.82) is 0 Å². The van der Waals surface area contributed by atoms with Crippen molar-refractivity contribution in [2.24, 2.45) is 5.92 Å². The van der Waals surface area contributed by atoms with Gasteiger partial charge in [0.2, 0.25) is 0 Å². The molecule has 0 radical (unpaired) electrons. The van der Waals surface area contributed by atoms with Gasteiger partial charge in [-0.15, -0.1) is 0 Å². The van der Waals surface area contributed by atoms with Gasteiger partial charge in [-0.3, -0.25) is 4.79 Å². The van der Waals surface area contributed by atoms with Gasteiger partial charge in [0, 0.05) is 9.49 Å². The fraction of sp³-hybridized carbons (Fsp3) is 0.462. The van der Waals surface area contributed by atoms with Crippen LogP contribution in [0.5, 0.6) is 5.75 Å². The Morgan fingerprint density at radius 2 is 1.88 bits per heavy atom. The van der Waals surface area contributed by atoms with E-state index in [-0.39, 0.29) is 18.3 Å². The predicted octanol–water partition coefficient (Wildman–Crippen LogP) is 3.43. The quantitative estimate of drug-likeness (QED) is 0.791. The van der Waals surface area contributed by atoms with Crippen molar-refractivity contribution in [3.8, 4) is 5.75 Å². The minimum Gasteiger partial charge on any atom is -0.486 e. The van der Waals surface area contributed by atoms with Crippen LogP contribution >= 0.6 is 22.6 Å². The van der Waals surface area contributed by atoms with Crippen molar-refractivity contribution >= 4 is 28.4 Å². The van der Waals surface area contributed by atoms with Gasteiger partial charge in [0.05, 0.1) is 0 Å². The van der Waals surface area contributed by atoms with Crippen molar-refractivity contribution in [1.82, 2.24) is 0 Å². The van der Waals surface area contributed by atoms with E-state index in [0.717, 1.165) is 18.6 Å². The Labute approximate surface area is 110 Å². The molecule has 1 aliphatic carbocycles. The number of hydrogen-bond donors (Lipinski definition) is 0. The standard InChI is InChI=1S/C13H15IO2/c14-11-5-7-12(8-6-11)16-9-13(15)10-3-1-2-4-10/h5-8,10H,1-4,9H2. The number of carbonyl (C=O) groups is 1. The molecule has 0 bridgehead atoms. The highest BCUT2D eigenvalue weighted by molar-refractivity contribution is 14.1. The van der Waals surface area contributed by atoms with E-state index in [0.29, 0.717) is 0 Å². The van der Waals surface area contributed by atoms with E-state index < -0.39 is 0 Å². The number of hydrogen-bond acceptors (Lipinski definition) is 2. The molecule has 1 aromatic carbocycles. The second-order valence-corrected chi connectivity index (χ2v) is 5.44. The van der Waals surface area contributed by atoms with E-state index in [9.17, 15) is 4.79 Å². The summed E-state index contributed by atoms with van der Waals surface area (Å²) in [5.74, 6) is 1.30. The first kappa shape index (κ1) is 11.9. The fourth-order valence-corrected chi connectivity index (χ4v) is 2.41. The summed E-state index contributed by atoms with van der Waals surface area (Å²) < 4.78 is 6.66. The van der Waals surface area contributed by atoms with E-state index in [2.05, 4.69) is 22.6 Å². The van der Waals surface area contributed by atoms with Crippen LogP contribution in [0.25, 0.3) is 0 Å². The maximum atomic E-state index is 11.8. The van der Waals surface area contributed by atoms with E-state index in [1.54, 1.807) is 0 Å². The molecule has 0 aromatic heterocycles. The molecule has 1 saturated carbocycles. The number of ether oxygens (including phenoxy) is 1. The van der Waals surface area contributed by atoms with Gasteiger partial charge < -0.3 is 4.74 Å². The summed E-state index contributed by atoms with van der Waals surface area (Å²) in [5, 5.41) is 0. The molecule has 2 nitrogen and oxygen atoms in total. The predicted molar refractivity (Wildman–Crippen MR) is 71.6 cm³/mol. The minimum atomic E-state index is 0.227. The molecule has 0 atom stereocenters. The Bertz CT molecular complexity index is 353. The zero-order chi connectivity index (χ0) is 11.4. The van der Waals surface area contributed by atoms with E-state index in [4.69, 9.17) is 4.74 Å². The summed E-state index contributed by atoms with van der Waals surface area (Å²) in [4.78, 5) is 11.8. The van der Waals surface area contributed by atoms with Gasteiger partial charge >= 0.3 is 0 Å². The molecule has 1 fully saturated rings. The van der Waals surface area contributed by atoms with Crippen LogP contribution in [0, 0.1) is 9.49 Å². The molecule has 0 spiro atoms. The molecule has 0 heterocycles. The third-order valence-electron chi connectivity index (χ3n) is 3.01. The van der Waals surface area contributed by atoms with E-state index in [1.807, 2.05) is 24.3 Å². The summed E-state index contributed by atoms with van der Waals surface area (Å²) >= 11 is 2.25. The van der Waals surface area contributed by atoms with Crippen molar-refractivity contribution in [2.75, 3.05) is 6.61 Å². The van der Waals surface area contributed by atoms with Gasteiger partial charge in [-0.05, 0) is 59.7 Å². The number of carbonyl (C=O) groups excluding carboxylic acids is 1. The Hall–Kier alpha value is -0.580. The van der Waals surface area contributed by atoms with Crippen LogP contribution in [0.4, 0.5) is 0 Å². The van der Waals surface area contributed by atoms with Crippen LogP contribution in [-0.4, -0.2) is 12.4 Å². The topological polar surface area (TPSA) is 26.3 Å². The lowest BCUT2D eigenvalue weighted by Gasteiger charge is -2.09. The molecule has 16 heavy (non-hydrogen) atoms. The Morgan fingerprint density at radius 3 is 2.50 bits per heavy atom. The van der Waals surface area contributed by atoms with Crippen LogP contribution < -0.4 is 4.74 Å². The highest BCUT2D eigenvalue weighted by Crippen LogP contribution is 2.25. The molecule has 2 rings (SSSR count). The van der Waals surface area contributed by atoms with Crippen LogP contribution in [0.2, 0.25) is 0 Å². The van der Waals surface area contributed by atoms with Gasteiger partial charge in [-0.1, -0.05) is 12.8 Å². The van der Waals surface area contributed by atoms with Gasteiger partial charge in [-0.2, -0.15) is 0 Å². The van der Waals surface area contributed by atoms with Crippen LogP contribution in [0.15, 0.2) is 24.3 Å². The lowest BCUT2D eigenvalue weighted by Crippen LogP contribution is -2.19. The molecule has 0 amide bonds. The van der Waals surface area contributed by atoms with Crippen molar-refractivity contribution in [3.63, 3.8) is 0 Å². The molecule has 0 N–H and O–H groups in total. The number of rotatable bonds is 4. The first-order valence-electron chi connectivity index (χ1n) is 5.67. The maximum Gasteiger partial charge on any atom is 0.173 e. The van der Waals surface area contributed by atoms with Crippen LogP contribution in [-0.2, 0) is 4.79 Å². The summed E-state index contributed by atoms with van der Waals surface area (Å²) in [5.41, 5.74) is 0. The number of benzene rings is 1. The third kappa shape index (κ3) is 3.20. The number of ketones is 1. The highest BCUT2D eigenvalue weighted by atomic mass is 127. The van der Waals surface area contributed by atoms with E-state index in [1.165, 1.54) is 16.4 Å². The van der Waals surface area contributed by atoms with Gasteiger partial charge in [-0.25, -0.2) is 0 Å². The zero-order valence-corrected chi connectivity index (χ0v) is 11.3. The van der Waals surface area contributed by atoms with E-state index >= 15 is 0 Å². The molecule has 1 aromatic rings. The van der Waals surface area contributed by atoms with Crippen LogP contribution in [0.3, 0.4) is 0 Å². The third-order valence-corrected chi connectivity index (χ3v) is 3.72. The smallest absolute Gasteiger partial charge is 0.173 e. The second-order valence-electron chi connectivity index (χ2n) is 4.19. The molecule has 0 unspecified atom stereocenters. The monoisotopic (exact) mass is 330 g/mol. The molecule has 86 valence electrons. The molecular weight excluding hydrogens is 315 g/mol. The average molecular weight is 330 g/mol. The average Bonchev–Trinajstić information content (AvgIpc) is 2.81. The number of halogens is 1. The Kier molecular flexibility index (Phi) is 4.21. The first-order valence-corrected chi connectivity index (χ1v) is 6.74. The lowest BCUT2D eigenvalue weighted by atomic mass is 10.0. The van der Waals surface area contributed by atoms with Gasteiger partial charge in [0.25, 0.3) is 0 Å². The molecule has 0 saturated heterocycles. The van der Waals surface area contributed by atoms with Gasteiger partial charge in [0.1, 0.15) is 12.4 Å². The van der Waals surface area contributed by atoms with Crippen molar-refractivity contribution in [2.45, 2.75) is 25.7 Å². The lowest BCUT2D eigenvalue weighted by molar-refractivity contribution is -0.124.